The summed E-state index contributed by atoms with van der Waals surface area (Å²) in [5, 5.41) is 5.00. The molecule has 3 aromatic rings. The van der Waals surface area contributed by atoms with Gasteiger partial charge >= 0.3 is 5.97 Å². The fourth-order valence-corrected chi connectivity index (χ4v) is 3.23. The first-order chi connectivity index (χ1) is 13.9. The molecule has 0 saturated carbocycles. The van der Waals surface area contributed by atoms with E-state index in [1.807, 2.05) is 49.6 Å². The quantitative estimate of drug-likeness (QED) is 0.567. The van der Waals surface area contributed by atoms with Gasteiger partial charge < -0.3 is 9.47 Å². The van der Waals surface area contributed by atoms with Crippen LogP contribution in [-0.4, -0.2) is 29.1 Å². The minimum absolute atomic E-state index is 0.0461. The molecule has 1 N–H and O–H groups in total. The molecule has 1 amide bonds. The Hall–Kier alpha value is -3.19. The molecule has 0 aliphatic heterocycles. The predicted octanol–water partition coefficient (Wildman–Crippen LogP) is 4.78. The number of hydrogen-bond donors (Lipinski definition) is 1. The van der Waals surface area contributed by atoms with E-state index in [0.29, 0.717) is 16.4 Å². The summed E-state index contributed by atoms with van der Waals surface area (Å²) in [7, 11) is 0. The van der Waals surface area contributed by atoms with E-state index in [1.165, 1.54) is 18.3 Å². The lowest BCUT2D eigenvalue weighted by molar-refractivity contribution is -0.123. The minimum atomic E-state index is -0.960. The van der Waals surface area contributed by atoms with Crippen LogP contribution in [0.5, 0.6) is 5.75 Å². The molecule has 0 bridgehead atoms. The minimum Gasteiger partial charge on any atom is -0.491 e. The summed E-state index contributed by atoms with van der Waals surface area (Å²) in [6, 6.07) is 16.3. The van der Waals surface area contributed by atoms with Gasteiger partial charge in [-0.3, -0.25) is 10.1 Å². The van der Waals surface area contributed by atoms with Crippen LogP contribution in [0, 0.1) is 0 Å². The maximum absolute atomic E-state index is 12.4. The molecule has 3 rings (SSSR count). The maximum Gasteiger partial charge on any atom is 0.338 e. The number of carbonyl (C=O) groups excluding carboxylic acids is 2. The highest BCUT2D eigenvalue weighted by molar-refractivity contribution is 7.14. The normalized spacial score (nSPS) is 11.7. The molecule has 0 radical (unpaired) electrons. The van der Waals surface area contributed by atoms with Crippen LogP contribution in [0.15, 0.2) is 60.0 Å². The van der Waals surface area contributed by atoms with Gasteiger partial charge in [-0.15, -0.1) is 11.3 Å². The molecule has 7 heteroatoms. The van der Waals surface area contributed by atoms with Gasteiger partial charge in [-0.05, 0) is 45.0 Å². The zero-order valence-electron chi connectivity index (χ0n) is 16.4. The number of anilines is 1. The molecular weight excluding hydrogens is 388 g/mol. The van der Waals surface area contributed by atoms with Crippen molar-refractivity contribution in [3.63, 3.8) is 0 Å². The Bertz CT molecular complexity index is 968. The number of rotatable bonds is 7. The lowest BCUT2D eigenvalue weighted by Gasteiger charge is -2.13. The highest BCUT2D eigenvalue weighted by Crippen LogP contribution is 2.24. The molecule has 150 valence electrons. The van der Waals surface area contributed by atoms with Crippen molar-refractivity contribution < 1.29 is 19.1 Å². The molecule has 1 aromatic heterocycles. The van der Waals surface area contributed by atoms with Gasteiger partial charge in [0, 0.05) is 10.9 Å². The number of ether oxygens (including phenoxy) is 2. The number of aromatic nitrogens is 1. The van der Waals surface area contributed by atoms with Gasteiger partial charge in [-0.2, -0.15) is 0 Å². The van der Waals surface area contributed by atoms with E-state index in [-0.39, 0.29) is 6.10 Å². The number of thiazole rings is 1. The molecule has 1 heterocycles. The SMILES string of the molecule is CC(C)Oc1ccc(C(=O)O[C@H](C)C(=O)Nc2nc(-c3ccccc3)cs2)cc1. The predicted molar refractivity (Wildman–Crippen MR) is 113 cm³/mol. The summed E-state index contributed by atoms with van der Waals surface area (Å²) in [4.78, 5) is 29.0. The standard InChI is InChI=1S/C22H22N2O4S/c1-14(2)27-18-11-9-17(10-12-18)21(26)28-15(3)20(25)24-22-23-19(13-29-22)16-7-5-4-6-8-16/h4-15H,1-3H3,(H,23,24,25)/t15-/m1/s1. The smallest absolute Gasteiger partial charge is 0.338 e. The van der Waals surface area contributed by atoms with Crippen molar-refractivity contribution in [2.24, 2.45) is 0 Å². The van der Waals surface area contributed by atoms with Crippen LogP contribution in [0.3, 0.4) is 0 Å². The van der Waals surface area contributed by atoms with Crippen LogP contribution in [0.4, 0.5) is 5.13 Å². The van der Waals surface area contributed by atoms with E-state index in [9.17, 15) is 9.59 Å². The zero-order valence-corrected chi connectivity index (χ0v) is 17.2. The highest BCUT2D eigenvalue weighted by Gasteiger charge is 2.20. The molecule has 0 fully saturated rings. The lowest BCUT2D eigenvalue weighted by atomic mass is 10.2. The number of nitrogens with zero attached hydrogens (tertiary/aromatic N) is 1. The Morgan fingerprint density at radius 1 is 1.00 bits per heavy atom. The van der Waals surface area contributed by atoms with Gasteiger partial charge in [0.2, 0.25) is 0 Å². The van der Waals surface area contributed by atoms with E-state index >= 15 is 0 Å². The monoisotopic (exact) mass is 410 g/mol. The van der Waals surface area contributed by atoms with Crippen LogP contribution in [-0.2, 0) is 9.53 Å². The van der Waals surface area contributed by atoms with E-state index in [0.717, 1.165) is 11.3 Å². The van der Waals surface area contributed by atoms with Crippen molar-refractivity contribution in [2.45, 2.75) is 33.0 Å². The Morgan fingerprint density at radius 2 is 1.69 bits per heavy atom. The third-order valence-electron chi connectivity index (χ3n) is 3.92. The van der Waals surface area contributed by atoms with Gasteiger partial charge in [0.15, 0.2) is 11.2 Å². The van der Waals surface area contributed by atoms with Gasteiger partial charge in [-0.1, -0.05) is 30.3 Å². The van der Waals surface area contributed by atoms with Gasteiger partial charge in [0.05, 0.1) is 17.4 Å². The Kier molecular flexibility index (Phi) is 6.61. The van der Waals surface area contributed by atoms with Crippen LogP contribution < -0.4 is 10.1 Å². The van der Waals surface area contributed by atoms with Crippen molar-refractivity contribution in [1.29, 1.82) is 0 Å². The first-order valence-electron chi connectivity index (χ1n) is 9.22. The van der Waals surface area contributed by atoms with Crippen molar-refractivity contribution in [2.75, 3.05) is 5.32 Å². The van der Waals surface area contributed by atoms with Crippen molar-refractivity contribution in [3.8, 4) is 17.0 Å². The van der Waals surface area contributed by atoms with Crippen molar-refractivity contribution in [3.05, 3.63) is 65.5 Å². The molecule has 0 saturated heterocycles. The molecule has 0 aliphatic carbocycles. The summed E-state index contributed by atoms with van der Waals surface area (Å²) in [6.45, 7) is 5.37. The second-order valence-electron chi connectivity index (χ2n) is 6.63. The fraction of sp³-hybridized carbons (Fsp3) is 0.227. The number of esters is 1. The molecular formula is C22H22N2O4S. The molecule has 0 unspecified atom stereocenters. The lowest BCUT2D eigenvalue weighted by Crippen LogP contribution is -2.29. The van der Waals surface area contributed by atoms with Gasteiger partial charge in [0.1, 0.15) is 5.75 Å². The van der Waals surface area contributed by atoms with Crippen molar-refractivity contribution in [1.82, 2.24) is 4.98 Å². The van der Waals surface area contributed by atoms with Crippen LogP contribution in [0.2, 0.25) is 0 Å². The Balaban J connectivity index is 1.56. The number of nitrogens with one attached hydrogen (secondary N) is 1. The number of amides is 1. The third-order valence-corrected chi connectivity index (χ3v) is 4.68. The average Bonchev–Trinajstić information content (AvgIpc) is 3.17. The number of hydrogen-bond acceptors (Lipinski definition) is 6. The van der Waals surface area contributed by atoms with Crippen LogP contribution >= 0.6 is 11.3 Å². The Labute approximate surface area is 173 Å². The number of carbonyl (C=O) groups is 2. The van der Waals surface area contributed by atoms with Gasteiger partial charge in [-0.25, -0.2) is 9.78 Å². The summed E-state index contributed by atoms with van der Waals surface area (Å²) in [5.74, 6) is -0.347. The van der Waals surface area contributed by atoms with Crippen LogP contribution in [0.1, 0.15) is 31.1 Å². The molecule has 29 heavy (non-hydrogen) atoms. The van der Waals surface area contributed by atoms with Crippen molar-refractivity contribution >= 4 is 28.3 Å². The summed E-state index contributed by atoms with van der Waals surface area (Å²) >= 11 is 1.31. The van der Waals surface area contributed by atoms with Gasteiger partial charge in [0.25, 0.3) is 5.91 Å². The molecule has 2 aromatic carbocycles. The second kappa shape index (κ2) is 9.34. The summed E-state index contributed by atoms with van der Waals surface area (Å²) in [5.41, 5.74) is 2.09. The molecule has 0 spiro atoms. The van der Waals surface area contributed by atoms with Crippen LogP contribution in [0.25, 0.3) is 11.3 Å². The molecule has 0 aliphatic rings. The topological polar surface area (TPSA) is 77.5 Å². The molecule has 6 nitrogen and oxygen atoms in total. The molecule has 1 atom stereocenters. The first-order valence-corrected chi connectivity index (χ1v) is 10.1. The van der Waals surface area contributed by atoms with E-state index < -0.39 is 18.0 Å². The average molecular weight is 410 g/mol. The van der Waals surface area contributed by atoms with E-state index in [2.05, 4.69) is 10.3 Å². The largest absolute Gasteiger partial charge is 0.491 e. The first kappa shape index (κ1) is 20.5. The fourth-order valence-electron chi connectivity index (χ4n) is 2.50. The maximum atomic E-state index is 12.4. The third kappa shape index (κ3) is 5.65. The van der Waals surface area contributed by atoms with E-state index in [4.69, 9.17) is 9.47 Å². The van der Waals surface area contributed by atoms with E-state index in [1.54, 1.807) is 24.3 Å². The Morgan fingerprint density at radius 3 is 2.34 bits per heavy atom. The summed E-state index contributed by atoms with van der Waals surface area (Å²) < 4.78 is 10.8. The zero-order chi connectivity index (χ0) is 20.8. The summed E-state index contributed by atoms with van der Waals surface area (Å²) in [6.07, 6.45) is -0.914. The number of benzene rings is 2. The second-order valence-corrected chi connectivity index (χ2v) is 7.49. The highest BCUT2D eigenvalue weighted by atomic mass is 32.1.